The molecule has 1 aromatic carbocycles. The number of Topliss-reactive ketones (excluding diaryl/α,β-unsaturated/α-hetero) is 2. The molecule has 1 heterocycles. The van der Waals surface area contributed by atoms with Crippen LogP contribution in [0, 0.1) is 34.0 Å². The van der Waals surface area contributed by atoms with Crippen molar-refractivity contribution in [1.82, 2.24) is 0 Å². The molecular weight excluding hydrogens is 552 g/mol. The van der Waals surface area contributed by atoms with E-state index in [1.54, 1.807) is 0 Å². The Morgan fingerprint density at radius 3 is 2.14 bits per heavy atom. The van der Waals surface area contributed by atoms with Gasteiger partial charge in [0.25, 0.3) is 0 Å². The number of hydrogen-bond acceptors (Lipinski definition) is 6. The molecule has 236 valence electrons. The Morgan fingerprint density at radius 2 is 1.57 bits per heavy atom. The molecule has 2 aromatic rings. The molecule has 5 rings (SSSR count). The Kier molecular flexibility index (Phi) is 7.50. The number of allylic oxidation sites excluding steroid dienone is 5. The van der Waals surface area contributed by atoms with Crippen molar-refractivity contribution in [2.24, 2.45) is 34.0 Å². The summed E-state index contributed by atoms with van der Waals surface area (Å²) in [4.78, 5) is 45.4. The Labute approximate surface area is 260 Å². The topological polar surface area (TPSA) is 105 Å². The van der Waals surface area contributed by atoms with Gasteiger partial charge in [0.2, 0.25) is 5.43 Å². The minimum atomic E-state index is -1.42. The molecule has 2 fully saturated rings. The van der Waals surface area contributed by atoms with E-state index >= 15 is 9.59 Å². The van der Waals surface area contributed by atoms with Crippen molar-refractivity contribution in [1.29, 1.82) is 0 Å². The molecule has 0 aliphatic heterocycles. The SMILES string of the molecule is C=C(C)[C@H]1CC[C@@H]([C@@]23C[C@H](CC=C(C)C)C(C)(C)[C@@](CC=C(C)C)(C2=O)c2oc4cc(O)c(O)cc4c(=O)c2C3=O)C1(C)C. The van der Waals surface area contributed by atoms with E-state index in [1.165, 1.54) is 11.6 Å². The average molecular weight is 601 g/mol. The second-order valence-corrected chi connectivity index (χ2v) is 15.5. The quantitative estimate of drug-likeness (QED) is 0.195. The zero-order valence-corrected chi connectivity index (χ0v) is 27.8. The van der Waals surface area contributed by atoms with E-state index in [2.05, 4.69) is 54.2 Å². The minimum Gasteiger partial charge on any atom is -0.504 e. The van der Waals surface area contributed by atoms with Gasteiger partial charge in [-0.2, -0.15) is 0 Å². The number of aromatic hydroxyl groups is 2. The van der Waals surface area contributed by atoms with E-state index < -0.39 is 44.4 Å². The van der Waals surface area contributed by atoms with Gasteiger partial charge in [-0.05, 0) is 101 Å². The standard InChI is InChI=1S/C38H48O6/c1-20(2)11-12-23-19-37(29-14-13-25(22(5)6)35(29,7)8)32(42)30-31(41)24-17-26(39)27(40)18-28(24)44-33(30)38(34(37)43,36(23,9)10)16-15-21(3)4/h11,15,17-18,23,25,29,39-40H,5,12-14,16,19H2,1-4,6-10H3/t23-,25+,29+,37+,38+/m0/s1. The molecule has 3 aliphatic carbocycles. The summed E-state index contributed by atoms with van der Waals surface area (Å²) in [5, 5.41) is 20.7. The number of benzene rings is 1. The van der Waals surface area contributed by atoms with Crippen LogP contribution in [-0.2, 0) is 10.2 Å². The van der Waals surface area contributed by atoms with Gasteiger partial charge in [-0.15, -0.1) is 0 Å². The van der Waals surface area contributed by atoms with E-state index in [-0.39, 0.29) is 52.3 Å². The molecule has 0 spiro atoms. The van der Waals surface area contributed by atoms with Gasteiger partial charge in [0.1, 0.15) is 16.9 Å². The van der Waals surface area contributed by atoms with Crippen LogP contribution < -0.4 is 5.43 Å². The molecular formula is C38H48O6. The fourth-order valence-electron chi connectivity index (χ4n) is 9.40. The second-order valence-electron chi connectivity index (χ2n) is 15.5. The lowest BCUT2D eigenvalue weighted by Crippen LogP contribution is -2.70. The molecule has 6 nitrogen and oxygen atoms in total. The summed E-state index contributed by atoms with van der Waals surface area (Å²) in [5.41, 5.74) is -1.24. The predicted octanol–water partition coefficient (Wildman–Crippen LogP) is 8.58. The maximum atomic E-state index is 15.7. The van der Waals surface area contributed by atoms with Gasteiger partial charge in [0, 0.05) is 6.07 Å². The summed E-state index contributed by atoms with van der Waals surface area (Å²) in [6.45, 7) is 22.9. The van der Waals surface area contributed by atoms with Gasteiger partial charge in [-0.25, -0.2) is 0 Å². The van der Waals surface area contributed by atoms with Crippen LogP contribution in [0.2, 0.25) is 0 Å². The number of rotatable bonds is 6. The molecule has 2 N–H and O–H groups in total. The van der Waals surface area contributed by atoms with Crippen LogP contribution in [0.5, 0.6) is 11.5 Å². The van der Waals surface area contributed by atoms with Crippen LogP contribution in [0.25, 0.3) is 11.0 Å². The van der Waals surface area contributed by atoms with Crippen molar-refractivity contribution in [3.05, 3.63) is 69.1 Å². The number of fused-ring (bicyclic) bond motifs is 5. The van der Waals surface area contributed by atoms with Crippen molar-refractivity contribution >= 4 is 22.5 Å². The summed E-state index contributed by atoms with van der Waals surface area (Å²) < 4.78 is 6.52. The molecule has 5 atom stereocenters. The molecule has 2 saturated carbocycles. The molecule has 0 saturated heterocycles. The van der Waals surface area contributed by atoms with Gasteiger partial charge in [0.15, 0.2) is 23.1 Å². The summed E-state index contributed by atoms with van der Waals surface area (Å²) in [6.07, 6.45) is 7.05. The van der Waals surface area contributed by atoms with E-state index in [0.29, 0.717) is 19.3 Å². The highest BCUT2D eigenvalue weighted by Crippen LogP contribution is 2.70. The van der Waals surface area contributed by atoms with Gasteiger partial charge in [-0.1, -0.05) is 63.1 Å². The third-order valence-corrected chi connectivity index (χ3v) is 11.8. The minimum absolute atomic E-state index is 0.0109. The van der Waals surface area contributed by atoms with Crippen molar-refractivity contribution < 1.29 is 24.2 Å². The maximum Gasteiger partial charge on any atom is 0.204 e. The van der Waals surface area contributed by atoms with Crippen LogP contribution in [-0.4, -0.2) is 21.8 Å². The Morgan fingerprint density at radius 1 is 0.955 bits per heavy atom. The molecule has 44 heavy (non-hydrogen) atoms. The first kappa shape index (κ1) is 32.0. The van der Waals surface area contributed by atoms with Crippen molar-refractivity contribution in [3.8, 4) is 11.5 Å². The molecule has 1 aromatic heterocycles. The lowest BCUT2D eigenvalue weighted by atomic mass is 9.37. The molecule has 0 unspecified atom stereocenters. The number of carbonyl (C=O) groups is 2. The van der Waals surface area contributed by atoms with E-state index in [1.807, 2.05) is 26.8 Å². The first-order valence-electron chi connectivity index (χ1n) is 15.9. The lowest BCUT2D eigenvalue weighted by molar-refractivity contribution is -0.159. The van der Waals surface area contributed by atoms with Crippen LogP contribution in [0.3, 0.4) is 0 Å². The van der Waals surface area contributed by atoms with Crippen molar-refractivity contribution in [2.45, 2.75) is 99.8 Å². The molecule has 3 aliphatic rings. The first-order chi connectivity index (χ1) is 20.3. The van der Waals surface area contributed by atoms with Crippen LogP contribution >= 0.6 is 0 Å². The average Bonchev–Trinajstić information content (AvgIpc) is 3.23. The van der Waals surface area contributed by atoms with E-state index in [4.69, 9.17) is 4.42 Å². The van der Waals surface area contributed by atoms with E-state index in [0.717, 1.165) is 23.6 Å². The zero-order chi connectivity index (χ0) is 32.7. The fourth-order valence-corrected chi connectivity index (χ4v) is 9.40. The number of phenols is 2. The molecule has 2 bridgehead atoms. The molecule has 0 amide bonds. The fraction of sp³-hybridized carbons (Fsp3) is 0.553. The van der Waals surface area contributed by atoms with Crippen LogP contribution in [0.1, 0.15) is 111 Å². The Bertz CT molecular complexity index is 1710. The van der Waals surface area contributed by atoms with Gasteiger partial charge < -0.3 is 14.6 Å². The number of ketones is 2. The maximum absolute atomic E-state index is 15.7. The number of carbonyl (C=O) groups excluding carboxylic acids is 2. The zero-order valence-electron chi connectivity index (χ0n) is 27.8. The monoisotopic (exact) mass is 600 g/mol. The van der Waals surface area contributed by atoms with Crippen LogP contribution in [0.4, 0.5) is 0 Å². The van der Waals surface area contributed by atoms with Gasteiger partial charge in [-0.3, -0.25) is 14.4 Å². The number of phenolic OH excluding ortho intramolecular Hbond substituents is 2. The highest BCUT2D eigenvalue weighted by Gasteiger charge is 2.75. The first-order valence-corrected chi connectivity index (χ1v) is 15.9. The van der Waals surface area contributed by atoms with Gasteiger partial charge >= 0.3 is 0 Å². The summed E-state index contributed by atoms with van der Waals surface area (Å²) in [6, 6.07) is 2.36. The van der Waals surface area contributed by atoms with Gasteiger partial charge in [0.05, 0.1) is 16.2 Å². The third-order valence-electron chi connectivity index (χ3n) is 11.8. The second kappa shape index (κ2) is 10.3. The Hall–Kier alpha value is -3.41. The Balaban J connectivity index is 1.96. The summed E-state index contributed by atoms with van der Waals surface area (Å²) in [5.74, 6) is -1.64. The normalized spacial score (nSPS) is 30.2. The van der Waals surface area contributed by atoms with Crippen molar-refractivity contribution in [3.63, 3.8) is 0 Å². The largest absolute Gasteiger partial charge is 0.504 e. The van der Waals surface area contributed by atoms with Crippen molar-refractivity contribution in [2.75, 3.05) is 0 Å². The summed E-state index contributed by atoms with van der Waals surface area (Å²) >= 11 is 0. The predicted molar refractivity (Wildman–Crippen MR) is 174 cm³/mol. The highest BCUT2D eigenvalue weighted by atomic mass is 16.3. The number of hydrogen-bond donors (Lipinski definition) is 2. The van der Waals surface area contributed by atoms with Crippen LogP contribution in [0.15, 0.2) is 56.8 Å². The smallest absolute Gasteiger partial charge is 0.204 e. The lowest BCUT2D eigenvalue weighted by Gasteiger charge is -2.62. The molecule has 0 radical (unpaired) electrons. The third kappa shape index (κ3) is 4.15. The molecule has 6 heteroatoms. The highest BCUT2D eigenvalue weighted by molar-refractivity contribution is 6.23. The van der Waals surface area contributed by atoms with E-state index in [9.17, 15) is 15.0 Å². The summed E-state index contributed by atoms with van der Waals surface area (Å²) in [7, 11) is 0.